The number of fused-ring (bicyclic) bond motifs is 2. The van der Waals surface area contributed by atoms with E-state index in [1.807, 2.05) is 22.8 Å². The summed E-state index contributed by atoms with van der Waals surface area (Å²) in [6.07, 6.45) is 5.34. The summed E-state index contributed by atoms with van der Waals surface area (Å²) >= 11 is 0. The van der Waals surface area contributed by atoms with Crippen molar-refractivity contribution in [3.05, 3.63) is 83.0 Å². The van der Waals surface area contributed by atoms with Crippen molar-refractivity contribution in [1.29, 1.82) is 10.7 Å². The smallest absolute Gasteiger partial charge is 0.269 e. The predicted octanol–water partition coefficient (Wildman–Crippen LogP) is 4.64. The van der Waals surface area contributed by atoms with Crippen LogP contribution >= 0.6 is 0 Å². The maximum atomic E-state index is 13.6. The number of carbonyl (C=O) groups excluding carboxylic acids is 1. The number of nitrogens with zero attached hydrogens (tertiary/aromatic N) is 2. The first kappa shape index (κ1) is 25.0. The highest BCUT2D eigenvalue weighted by molar-refractivity contribution is 6.06. The molecule has 0 unspecified atom stereocenters. The number of amidine groups is 1. The molecule has 36 heavy (non-hydrogen) atoms. The first-order chi connectivity index (χ1) is 17.6. The molecule has 0 atom stereocenters. The van der Waals surface area contributed by atoms with Gasteiger partial charge < -0.3 is 21.4 Å². The first-order valence-electron chi connectivity index (χ1n) is 12.3. The standard InChI is InChI=1S/C28H27N5O.CH5N/c29-16-24-23-14-13-19(27(30)31)15-25(23)33(26(24)28(34)32-21-10-2-1-3-11-21)17-20-9-6-8-18-7-4-5-12-22(18)20;1-2/h4-9,12-15,21H,1-3,10-11,17H2,(H3,30,31)(H,32,34);2H2,1H3. The summed E-state index contributed by atoms with van der Waals surface area (Å²) in [5.74, 6) is -0.268. The lowest BCUT2D eigenvalue weighted by molar-refractivity contribution is 0.0919. The average Bonchev–Trinajstić information content (AvgIpc) is 3.23. The van der Waals surface area contributed by atoms with Crippen LogP contribution in [0.1, 0.15) is 59.3 Å². The van der Waals surface area contributed by atoms with Crippen molar-refractivity contribution in [2.24, 2.45) is 11.5 Å². The Morgan fingerprint density at radius 2 is 1.78 bits per heavy atom. The maximum absolute atomic E-state index is 13.6. The number of nitrogen functional groups attached to an aromatic ring is 1. The molecule has 0 bridgehead atoms. The van der Waals surface area contributed by atoms with Gasteiger partial charge in [-0.15, -0.1) is 0 Å². The van der Waals surface area contributed by atoms with Crippen molar-refractivity contribution < 1.29 is 4.79 Å². The number of hydrogen-bond acceptors (Lipinski definition) is 4. The molecular formula is C29H32N6O. The Morgan fingerprint density at radius 1 is 1.06 bits per heavy atom. The van der Waals surface area contributed by atoms with Gasteiger partial charge in [-0.05, 0) is 42.3 Å². The summed E-state index contributed by atoms with van der Waals surface area (Å²) in [5, 5.41) is 24.1. The second-order valence-corrected chi connectivity index (χ2v) is 9.01. The number of nitrogens with one attached hydrogen (secondary N) is 2. The van der Waals surface area contributed by atoms with Crippen LogP contribution in [0.4, 0.5) is 0 Å². The molecule has 6 N–H and O–H groups in total. The van der Waals surface area contributed by atoms with Crippen molar-refractivity contribution in [3.63, 3.8) is 0 Å². The Morgan fingerprint density at radius 3 is 2.50 bits per heavy atom. The Kier molecular flexibility index (Phi) is 7.67. The second kappa shape index (κ2) is 11.1. The van der Waals surface area contributed by atoms with E-state index in [0.29, 0.717) is 28.8 Å². The third-order valence-electron chi connectivity index (χ3n) is 6.85. The van der Waals surface area contributed by atoms with Gasteiger partial charge in [0.15, 0.2) is 0 Å². The zero-order valence-electron chi connectivity index (χ0n) is 20.6. The van der Waals surface area contributed by atoms with Gasteiger partial charge in [-0.25, -0.2) is 0 Å². The van der Waals surface area contributed by atoms with Gasteiger partial charge in [-0.1, -0.05) is 73.9 Å². The molecule has 0 aliphatic heterocycles. The quantitative estimate of drug-likeness (QED) is 0.245. The highest BCUT2D eigenvalue weighted by atomic mass is 16.2. The van der Waals surface area contributed by atoms with E-state index in [-0.39, 0.29) is 17.8 Å². The molecule has 5 rings (SSSR count). The largest absolute Gasteiger partial charge is 0.384 e. The van der Waals surface area contributed by atoms with Crippen LogP contribution in [0.3, 0.4) is 0 Å². The predicted molar refractivity (Wildman–Crippen MR) is 145 cm³/mol. The van der Waals surface area contributed by atoms with E-state index in [1.165, 1.54) is 13.5 Å². The van der Waals surface area contributed by atoms with Crippen LogP contribution in [-0.4, -0.2) is 29.4 Å². The van der Waals surface area contributed by atoms with Gasteiger partial charge >= 0.3 is 0 Å². The van der Waals surface area contributed by atoms with E-state index in [4.69, 9.17) is 11.1 Å². The summed E-state index contributed by atoms with van der Waals surface area (Å²) < 4.78 is 1.92. The highest BCUT2D eigenvalue weighted by Gasteiger charge is 2.26. The fourth-order valence-corrected chi connectivity index (χ4v) is 5.13. The van der Waals surface area contributed by atoms with Crippen molar-refractivity contribution in [3.8, 4) is 6.07 Å². The van der Waals surface area contributed by atoms with Crippen LogP contribution < -0.4 is 16.8 Å². The van der Waals surface area contributed by atoms with Gasteiger partial charge in [0, 0.05) is 23.5 Å². The van der Waals surface area contributed by atoms with Crippen LogP contribution in [0.25, 0.3) is 21.7 Å². The lowest BCUT2D eigenvalue weighted by Crippen LogP contribution is -2.37. The molecule has 1 saturated carbocycles. The lowest BCUT2D eigenvalue weighted by atomic mass is 9.95. The molecular weight excluding hydrogens is 448 g/mol. The molecule has 184 valence electrons. The van der Waals surface area contributed by atoms with Gasteiger partial charge in [0.2, 0.25) is 0 Å². The number of hydrogen-bond donors (Lipinski definition) is 4. The Hall–Kier alpha value is -4.15. The van der Waals surface area contributed by atoms with E-state index in [1.54, 1.807) is 18.2 Å². The monoisotopic (exact) mass is 480 g/mol. The minimum atomic E-state index is -0.218. The fourth-order valence-electron chi connectivity index (χ4n) is 5.13. The van der Waals surface area contributed by atoms with Gasteiger partial charge in [0.05, 0.1) is 11.1 Å². The molecule has 1 aliphatic rings. The number of amides is 1. The summed E-state index contributed by atoms with van der Waals surface area (Å²) in [5.41, 5.74) is 13.3. The molecule has 1 aliphatic carbocycles. The van der Waals surface area contributed by atoms with E-state index in [2.05, 4.69) is 41.4 Å². The average molecular weight is 481 g/mol. The minimum Gasteiger partial charge on any atom is -0.384 e. The van der Waals surface area contributed by atoms with Crippen LogP contribution in [0.5, 0.6) is 0 Å². The Balaban J connectivity index is 0.00000148. The van der Waals surface area contributed by atoms with Crippen molar-refractivity contribution in [1.82, 2.24) is 9.88 Å². The third kappa shape index (κ3) is 4.81. The molecule has 7 heteroatoms. The molecule has 1 aromatic heterocycles. The zero-order valence-corrected chi connectivity index (χ0v) is 20.6. The van der Waals surface area contributed by atoms with Crippen LogP contribution in [0.15, 0.2) is 60.7 Å². The Bertz CT molecular complexity index is 1450. The van der Waals surface area contributed by atoms with Gasteiger partial charge in [0.25, 0.3) is 5.91 Å². The molecule has 3 aromatic carbocycles. The molecule has 0 saturated heterocycles. The number of benzene rings is 3. The van der Waals surface area contributed by atoms with E-state index in [0.717, 1.165) is 47.5 Å². The normalized spacial score (nSPS) is 13.6. The number of aromatic nitrogens is 1. The molecule has 1 amide bonds. The SMILES string of the molecule is CN.N#Cc1c(C(=O)NC2CCCCC2)n(Cc2cccc3ccccc23)c2cc(C(=N)N)ccc12. The van der Waals surface area contributed by atoms with Crippen molar-refractivity contribution >= 4 is 33.4 Å². The molecule has 1 heterocycles. The number of nitriles is 1. The van der Waals surface area contributed by atoms with Crippen LogP contribution in [0.2, 0.25) is 0 Å². The molecule has 1 fully saturated rings. The topological polar surface area (TPSA) is 134 Å². The molecule has 0 spiro atoms. The van der Waals surface area contributed by atoms with Crippen molar-refractivity contribution in [2.75, 3.05) is 7.05 Å². The second-order valence-electron chi connectivity index (χ2n) is 9.01. The van der Waals surface area contributed by atoms with E-state index >= 15 is 0 Å². The number of nitrogens with two attached hydrogens (primary N) is 2. The van der Waals surface area contributed by atoms with E-state index < -0.39 is 0 Å². The van der Waals surface area contributed by atoms with Crippen LogP contribution in [-0.2, 0) is 6.54 Å². The van der Waals surface area contributed by atoms with E-state index in [9.17, 15) is 10.1 Å². The minimum absolute atomic E-state index is 0.0495. The van der Waals surface area contributed by atoms with Crippen molar-refractivity contribution in [2.45, 2.75) is 44.7 Å². The summed E-state index contributed by atoms with van der Waals surface area (Å²) in [6, 6.07) is 22.0. The van der Waals surface area contributed by atoms with Gasteiger partial charge in [0.1, 0.15) is 17.6 Å². The number of carbonyl (C=O) groups is 1. The van der Waals surface area contributed by atoms with Gasteiger partial charge in [-0.3, -0.25) is 10.2 Å². The summed E-state index contributed by atoms with van der Waals surface area (Å²) in [7, 11) is 1.50. The molecule has 7 nitrogen and oxygen atoms in total. The fraction of sp³-hybridized carbons (Fsp3) is 0.276. The maximum Gasteiger partial charge on any atom is 0.269 e. The summed E-state index contributed by atoms with van der Waals surface area (Å²) in [4.78, 5) is 13.6. The number of rotatable bonds is 5. The first-order valence-corrected chi connectivity index (χ1v) is 12.3. The third-order valence-corrected chi connectivity index (χ3v) is 6.85. The summed E-state index contributed by atoms with van der Waals surface area (Å²) in [6.45, 7) is 0.425. The lowest BCUT2D eigenvalue weighted by Gasteiger charge is -2.23. The molecule has 0 radical (unpaired) electrons. The van der Waals surface area contributed by atoms with Crippen LogP contribution in [0, 0.1) is 16.7 Å². The zero-order chi connectivity index (χ0) is 25.7. The Labute approximate surface area is 211 Å². The van der Waals surface area contributed by atoms with Gasteiger partial charge in [-0.2, -0.15) is 5.26 Å². The highest BCUT2D eigenvalue weighted by Crippen LogP contribution is 2.30. The molecule has 4 aromatic rings.